The van der Waals surface area contributed by atoms with E-state index in [1.807, 2.05) is 0 Å². The van der Waals surface area contributed by atoms with Gasteiger partial charge in [0, 0.05) is 12.8 Å². The minimum Gasteiger partial charge on any atom is -0.480 e. The molecule has 0 radical (unpaired) electrons. The lowest BCUT2D eigenvalue weighted by Gasteiger charge is -2.05. The maximum Gasteiger partial charge on any atom is 0.407 e. The molecule has 0 spiro atoms. The molecule has 0 aromatic rings. The maximum atomic E-state index is 11.3. The van der Waals surface area contributed by atoms with E-state index in [9.17, 15) is 19.2 Å². The van der Waals surface area contributed by atoms with Crippen LogP contribution in [0.25, 0.3) is 0 Å². The van der Waals surface area contributed by atoms with E-state index in [4.69, 9.17) is 5.11 Å². The van der Waals surface area contributed by atoms with Crippen molar-refractivity contribution in [2.45, 2.75) is 12.8 Å². The summed E-state index contributed by atoms with van der Waals surface area (Å²) in [6.07, 6.45) is 0.417. The van der Waals surface area contributed by atoms with Crippen molar-refractivity contribution >= 4 is 23.8 Å². The second-order valence-corrected chi connectivity index (χ2v) is 3.45. The highest BCUT2D eigenvalue weighted by Gasteiger charge is 2.09. The molecule has 0 bridgehead atoms. The van der Waals surface area contributed by atoms with E-state index < -0.39 is 24.5 Å². The molecule has 0 aromatic carbocycles. The summed E-state index contributed by atoms with van der Waals surface area (Å²) in [6.45, 7) is 2.65. The summed E-state index contributed by atoms with van der Waals surface area (Å²) in [7, 11) is 0. The van der Waals surface area contributed by atoms with Crippen LogP contribution in [-0.4, -0.2) is 48.6 Å². The number of alkyl carbamates (subject to hydrolysis) is 1. The summed E-state index contributed by atoms with van der Waals surface area (Å²) in [4.78, 5) is 43.5. The Bertz CT molecular complexity index is 366. The van der Waals surface area contributed by atoms with Crippen molar-refractivity contribution in [1.82, 2.24) is 10.6 Å². The van der Waals surface area contributed by atoms with Crippen LogP contribution in [0.3, 0.4) is 0 Å². The van der Waals surface area contributed by atoms with Crippen LogP contribution in [0.5, 0.6) is 0 Å². The van der Waals surface area contributed by atoms with E-state index in [1.165, 1.54) is 6.08 Å². The zero-order valence-electron chi connectivity index (χ0n) is 10.3. The molecule has 106 valence electrons. The fourth-order valence-electron chi connectivity index (χ4n) is 0.960. The number of carboxylic acid groups (broad SMARTS) is 1. The van der Waals surface area contributed by atoms with Gasteiger partial charge in [0.1, 0.15) is 13.2 Å². The van der Waals surface area contributed by atoms with Gasteiger partial charge in [-0.25, -0.2) is 4.79 Å². The number of carboxylic acids is 1. The Labute approximate surface area is 109 Å². The van der Waals surface area contributed by atoms with Gasteiger partial charge >= 0.3 is 12.1 Å². The minimum atomic E-state index is -1.16. The first kappa shape index (κ1) is 16.6. The number of carbonyl (C=O) groups is 4. The Kier molecular flexibility index (Phi) is 8.42. The molecule has 0 unspecified atom stereocenters. The van der Waals surface area contributed by atoms with Crippen molar-refractivity contribution in [3.05, 3.63) is 12.7 Å². The van der Waals surface area contributed by atoms with Crippen molar-refractivity contribution in [2.75, 3.05) is 19.7 Å². The van der Waals surface area contributed by atoms with Crippen LogP contribution in [0, 0.1) is 0 Å². The summed E-state index contributed by atoms with van der Waals surface area (Å²) in [5.74, 6) is -2.06. The first-order valence-electron chi connectivity index (χ1n) is 5.47. The lowest BCUT2D eigenvalue weighted by molar-refractivity contribution is -0.138. The number of Topliss-reactive ketones (excluding diaryl/α,β-unsaturated/α-hetero) is 1. The zero-order chi connectivity index (χ0) is 14.7. The van der Waals surface area contributed by atoms with Crippen molar-refractivity contribution in [2.24, 2.45) is 0 Å². The first-order valence-corrected chi connectivity index (χ1v) is 5.47. The van der Waals surface area contributed by atoms with Gasteiger partial charge in [-0.1, -0.05) is 12.7 Å². The lowest BCUT2D eigenvalue weighted by atomic mass is 10.2. The predicted molar refractivity (Wildman–Crippen MR) is 64.4 cm³/mol. The number of ketones is 1. The van der Waals surface area contributed by atoms with Gasteiger partial charge in [0.25, 0.3) is 0 Å². The molecule has 0 aliphatic rings. The van der Waals surface area contributed by atoms with E-state index >= 15 is 0 Å². The second-order valence-electron chi connectivity index (χ2n) is 3.45. The topological polar surface area (TPSA) is 122 Å². The molecule has 0 aromatic heterocycles. The molecule has 0 rings (SSSR count). The van der Waals surface area contributed by atoms with Crippen molar-refractivity contribution in [1.29, 1.82) is 0 Å². The number of carbonyl (C=O) groups excluding carboxylic acids is 3. The third-order valence-corrected chi connectivity index (χ3v) is 1.83. The van der Waals surface area contributed by atoms with Gasteiger partial charge in [0.15, 0.2) is 5.78 Å². The van der Waals surface area contributed by atoms with Crippen LogP contribution in [0.2, 0.25) is 0 Å². The van der Waals surface area contributed by atoms with E-state index in [-0.39, 0.29) is 31.8 Å². The number of hydrogen-bond donors (Lipinski definition) is 3. The molecule has 0 saturated carbocycles. The van der Waals surface area contributed by atoms with Gasteiger partial charge in [-0.05, 0) is 0 Å². The Morgan fingerprint density at radius 3 is 2.37 bits per heavy atom. The monoisotopic (exact) mass is 272 g/mol. The van der Waals surface area contributed by atoms with Crippen molar-refractivity contribution < 1.29 is 29.0 Å². The van der Waals surface area contributed by atoms with Gasteiger partial charge < -0.3 is 20.5 Å². The molecule has 0 atom stereocenters. The average molecular weight is 272 g/mol. The van der Waals surface area contributed by atoms with E-state index in [0.717, 1.165) is 0 Å². The summed E-state index contributed by atoms with van der Waals surface area (Å²) in [5.41, 5.74) is 0. The van der Waals surface area contributed by atoms with Gasteiger partial charge in [-0.2, -0.15) is 0 Å². The maximum absolute atomic E-state index is 11.3. The summed E-state index contributed by atoms with van der Waals surface area (Å²) >= 11 is 0. The number of rotatable bonds is 9. The Hall–Kier alpha value is -2.38. The molecule has 3 N–H and O–H groups in total. The highest BCUT2D eigenvalue weighted by Crippen LogP contribution is 1.91. The average Bonchev–Trinajstić information content (AvgIpc) is 2.37. The number of nitrogens with one attached hydrogen (secondary N) is 2. The molecule has 0 aliphatic carbocycles. The van der Waals surface area contributed by atoms with Gasteiger partial charge in [-0.15, -0.1) is 0 Å². The number of amides is 2. The Balaban J connectivity index is 3.69. The van der Waals surface area contributed by atoms with Crippen LogP contribution >= 0.6 is 0 Å². The molecular formula is C11H16N2O6. The fourth-order valence-corrected chi connectivity index (χ4v) is 0.960. The smallest absolute Gasteiger partial charge is 0.407 e. The molecule has 0 heterocycles. The molecule has 19 heavy (non-hydrogen) atoms. The highest BCUT2D eigenvalue weighted by atomic mass is 16.5. The van der Waals surface area contributed by atoms with Crippen LogP contribution in [0.15, 0.2) is 12.7 Å². The minimum absolute atomic E-state index is 0.0393. The zero-order valence-corrected chi connectivity index (χ0v) is 10.3. The molecular weight excluding hydrogens is 256 g/mol. The third-order valence-electron chi connectivity index (χ3n) is 1.83. The summed E-state index contributed by atoms with van der Waals surface area (Å²) < 4.78 is 4.57. The third kappa shape index (κ3) is 10.5. The highest BCUT2D eigenvalue weighted by molar-refractivity contribution is 5.88. The first-order chi connectivity index (χ1) is 8.95. The quantitative estimate of drug-likeness (QED) is 0.484. The van der Waals surface area contributed by atoms with E-state index in [1.54, 1.807) is 0 Å². The standard InChI is InChI=1S/C11H16N2O6/c1-2-5-19-11(18)13-6-8(14)3-4-9(15)12-7-10(16)17/h2H,1,3-7H2,(H,12,15)(H,13,18)(H,16,17). The lowest BCUT2D eigenvalue weighted by Crippen LogP contribution is -2.32. The van der Waals surface area contributed by atoms with E-state index in [2.05, 4.69) is 21.9 Å². The molecule has 8 heteroatoms. The van der Waals surface area contributed by atoms with Crippen LogP contribution in [0.1, 0.15) is 12.8 Å². The number of ether oxygens (including phenoxy) is 1. The van der Waals surface area contributed by atoms with Gasteiger partial charge in [-0.3, -0.25) is 14.4 Å². The SMILES string of the molecule is C=CCOC(=O)NCC(=O)CCC(=O)NCC(=O)O. The molecule has 8 nitrogen and oxygen atoms in total. The van der Waals surface area contributed by atoms with Crippen LogP contribution in [0.4, 0.5) is 4.79 Å². The Morgan fingerprint density at radius 2 is 1.79 bits per heavy atom. The van der Waals surface area contributed by atoms with Crippen LogP contribution < -0.4 is 10.6 Å². The summed E-state index contributed by atoms with van der Waals surface area (Å²) in [6, 6.07) is 0. The number of hydrogen-bond acceptors (Lipinski definition) is 5. The summed E-state index contributed by atoms with van der Waals surface area (Å²) in [5, 5.41) is 12.6. The van der Waals surface area contributed by atoms with Crippen LogP contribution in [-0.2, 0) is 19.1 Å². The normalized spacial score (nSPS) is 9.26. The Morgan fingerprint density at radius 1 is 1.11 bits per heavy atom. The molecule has 0 aliphatic heterocycles. The largest absolute Gasteiger partial charge is 0.480 e. The molecule has 2 amide bonds. The van der Waals surface area contributed by atoms with Crippen molar-refractivity contribution in [3.8, 4) is 0 Å². The number of aliphatic carboxylic acids is 1. The fraction of sp³-hybridized carbons (Fsp3) is 0.455. The van der Waals surface area contributed by atoms with Crippen molar-refractivity contribution in [3.63, 3.8) is 0 Å². The second kappa shape index (κ2) is 9.63. The molecule has 0 fully saturated rings. The molecule has 0 saturated heterocycles. The predicted octanol–water partition coefficient (Wildman–Crippen LogP) is -0.551. The van der Waals surface area contributed by atoms with Gasteiger partial charge in [0.2, 0.25) is 5.91 Å². The van der Waals surface area contributed by atoms with Gasteiger partial charge in [0.05, 0.1) is 6.54 Å². The van der Waals surface area contributed by atoms with E-state index in [0.29, 0.717) is 0 Å².